The summed E-state index contributed by atoms with van der Waals surface area (Å²) in [6, 6.07) is 6.95. The van der Waals surface area contributed by atoms with Crippen LogP contribution in [0.3, 0.4) is 0 Å². The van der Waals surface area contributed by atoms with Gasteiger partial charge >= 0.3 is 0 Å². The molecule has 0 spiro atoms. The van der Waals surface area contributed by atoms with Gasteiger partial charge in [-0.05, 0) is 48.9 Å². The van der Waals surface area contributed by atoms with Gasteiger partial charge in [-0.2, -0.15) is 25.3 Å². The van der Waals surface area contributed by atoms with Gasteiger partial charge in [0.05, 0.1) is 10.6 Å². The summed E-state index contributed by atoms with van der Waals surface area (Å²) >= 11 is 0. The predicted octanol–water partition coefficient (Wildman–Crippen LogP) is 1.34. The number of carbonyl (C=O) groups is 1. The molecule has 6 N–H and O–H groups in total. The SMILES string of the molecule is Cc1ccc(C(=O)Nc2ccc(S(=O)(=O)O)c3cc(S(=O)(=O)O)cc(S(=O)(=O)O)c23)cc1N.[Na]. The minimum Gasteiger partial charge on any atom is -0.398 e. The Hall–Kier alpha value is -2.08. The second-order valence-corrected chi connectivity index (χ2v) is 11.1. The maximum atomic E-state index is 12.7. The number of nitrogens with one attached hydrogen (secondary N) is 1. The summed E-state index contributed by atoms with van der Waals surface area (Å²) in [4.78, 5) is 9.55. The van der Waals surface area contributed by atoms with Crippen LogP contribution in [-0.4, -0.2) is 74.4 Å². The summed E-state index contributed by atoms with van der Waals surface area (Å²) in [5.41, 5.74) is 6.44. The van der Waals surface area contributed by atoms with E-state index in [4.69, 9.17) is 5.73 Å². The van der Waals surface area contributed by atoms with Crippen LogP contribution in [0.4, 0.5) is 11.4 Å². The molecule has 0 aliphatic heterocycles. The summed E-state index contributed by atoms with van der Waals surface area (Å²) in [7, 11) is -15.4. The van der Waals surface area contributed by atoms with Gasteiger partial charge in [-0.25, -0.2) is 0 Å². The molecule has 0 aliphatic rings. The minimum absolute atomic E-state index is 0. The van der Waals surface area contributed by atoms with E-state index < -0.39 is 61.7 Å². The van der Waals surface area contributed by atoms with Crippen molar-refractivity contribution in [2.75, 3.05) is 11.1 Å². The molecule has 0 saturated carbocycles. The fourth-order valence-corrected chi connectivity index (χ4v) is 5.09. The molecule has 12 nitrogen and oxygen atoms in total. The Kier molecular flexibility index (Phi) is 7.89. The zero-order chi connectivity index (χ0) is 24.9. The van der Waals surface area contributed by atoms with Crippen molar-refractivity contribution in [2.24, 2.45) is 0 Å². The molecule has 0 saturated heterocycles. The molecule has 0 aliphatic carbocycles. The van der Waals surface area contributed by atoms with E-state index in [0.717, 1.165) is 12.1 Å². The first-order valence-electron chi connectivity index (χ1n) is 8.71. The smallest absolute Gasteiger partial charge is 0.295 e. The molecule has 0 aromatic heterocycles. The zero-order valence-corrected chi connectivity index (χ0v) is 22.0. The third-order valence-corrected chi connectivity index (χ3v) is 7.28. The van der Waals surface area contributed by atoms with Gasteiger partial charge in [-0.15, -0.1) is 0 Å². The van der Waals surface area contributed by atoms with Gasteiger partial charge in [0.2, 0.25) is 0 Å². The van der Waals surface area contributed by atoms with E-state index >= 15 is 0 Å². The molecule has 1 radical (unpaired) electrons. The molecule has 3 aromatic rings. The minimum atomic E-state index is -5.23. The molecule has 177 valence electrons. The Labute approximate surface area is 216 Å². The molecule has 3 rings (SSSR count). The fourth-order valence-electron chi connectivity index (χ4n) is 3.05. The van der Waals surface area contributed by atoms with Crippen molar-refractivity contribution in [3.63, 3.8) is 0 Å². The summed E-state index contributed by atoms with van der Waals surface area (Å²) in [5, 5.41) is 1.00. The van der Waals surface area contributed by atoms with Gasteiger partial charge in [0.15, 0.2) is 0 Å². The Bertz CT molecular complexity index is 1650. The molecule has 0 fully saturated rings. The topological polar surface area (TPSA) is 218 Å². The van der Waals surface area contributed by atoms with Crippen LogP contribution in [0.15, 0.2) is 57.2 Å². The second-order valence-electron chi connectivity index (χ2n) is 6.91. The van der Waals surface area contributed by atoms with E-state index in [-0.39, 0.29) is 46.5 Å². The monoisotopic (exact) mass is 539 g/mol. The number of aryl methyl sites for hydroxylation is 1. The van der Waals surface area contributed by atoms with E-state index in [1.165, 1.54) is 12.1 Å². The normalized spacial score (nSPS) is 12.2. The first kappa shape index (κ1) is 28.2. The third-order valence-electron chi connectivity index (χ3n) is 4.66. The van der Waals surface area contributed by atoms with Crippen LogP contribution in [0.5, 0.6) is 0 Å². The van der Waals surface area contributed by atoms with Crippen molar-refractivity contribution in [3.05, 3.63) is 53.6 Å². The van der Waals surface area contributed by atoms with Crippen LogP contribution in [0, 0.1) is 6.92 Å². The summed E-state index contributed by atoms with van der Waals surface area (Å²) in [5.74, 6) is -0.803. The van der Waals surface area contributed by atoms with Crippen molar-refractivity contribution in [1.82, 2.24) is 0 Å². The molecular formula is C18H16N2NaO10S3. The van der Waals surface area contributed by atoms with Crippen LogP contribution < -0.4 is 11.1 Å². The van der Waals surface area contributed by atoms with Gasteiger partial charge in [0.25, 0.3) is 36.3 Å². The number of carbonyl (C=O) groups excluding carboxylic acids is 1. The number of anilines is 2. The first-order valence-corrected chi connectivity index (χ1v) is 13.0. The van der Waals surface area contributed by atoms with Crippen LogP contribution in [0.25, 0.3) is 10.8 Å². The van der Waals surface area contributed by atoms with Crippen molar-refractivity contribution in [2.45, 2.75) is 21.6 Å². The molecule has 0 heterocycles. The Balaban J connectivity index is 0.00000408. The summed E-state index contributed by atoms with van der Waals surface area (Å²) < 4.78 is 99.4. The molecule has 1 amide bonds. The van der Waals surface area contributed by atoms with Gasteiger partial charge in [-0.1, -0.05) is 6.07 Å². The average molecular weight is 540 g/mol. The average Bonchev–Trinajstić information content (AvgIpc) is 2.66. The summed E-state index contributed by atoms with van der Waals surface area (Å²) in [6.07, 6.45) is 0. The van der Waals surface area contributed by atoms with E-state index in [1.54, 1.807) is 13.0 Å². The Morgan fingerprint density at radius 1 is 0.824 bits per heavy atom. The van der Waals surface area contributed by atoms with Gasteiger partial charge in [0, 0.05) is 51.6 Å². The quantitative estimate of drug-likeness (QED) is 0.177. The molecule has 0 unspecified atom stereocenters. The van der Waals surface area contributed by atoms with Crippen molar-refractivity contribution >= 4 is 88.0 Å². The van der Waals surface area contributed by atoms with Crippen LogP contribution in [0.2, 0.25) is 0 Å². The molecule has 0 atom stereocenters. The fraction of sp³-hybridized carbons (Fsp3) is 0.0556. The second kappa shape index (κ2) is 9.52. The molecule has 0 bridgehead atoms. The number of hydrogen-bond acceptors (Lipinski definition) is 8. The van der Waals surface area contributed by atoms with Crippen LogP contribution in [0.1, 0.15) is 15.9 Å². The Morgan fingerprint density at radius 2 is 1.41 bits per heavy atom. The molecular weight excluding hydrogens is 523 g/mol. The number of fused-ring (bicyclic) bond motifs is 1. The number of nitrogens with two attached hydrogens (primary N) is 1. The number of hydrogen-bond donors (Lipinski definition) is 5. The first-order chi connectivity index (χ1) is 15.0. The number of nitrogen functional groups attached to an aromatic ring is 1. The number of amides is 1. The van der Waals surface area contributed by atoms with Crippen molar-refractivity contribution in [1.29, 1.82) is 0 Å². The van der Waals surface area contributed by atoms with E-state index in [1.807, 2.05) is 0 Å². The van der Waals surface area contributed by atoms with E-state index in [2.05, 4.69) is 5.32 Å². The van der Waals surface area contributed by atoms with Crippen molar-refractivity contribution in [3.8, 4) is 0 Å². The maximum Gasteiger partial charge on any atom is 0.295 e. The Morgan fingerprint density at radius 3 is 1.91 bits per heavy atom. The van der Waals surface area contributed by atoms with E-state index in [0.29, 0.717) is 17.7 Å². The summed E-state index contributed by atoms with van der Waals surface area (Å²) in [6.45, 7) is 1.70. The number of rotatable bonds is 5. The van der Waals surface area contributed by atoms with Crippen LogP contribution >= 0.6 is 0 Å². The number of benzene rings is 3. The van der Waals surface area contributed by atoms with Gasteiger partial charge < -0.3 is 11.1 Å². The predicted molar refractivity (Wildman–Crippen MR) is 123 cm³/mol. The third kappa shape index (κ3) is 5.76. The molecule has 34 heavy (non-hydrogen) atoms. The zero-order valence-electron chi connectivity index (χ0n) is 17.5. The van der Waals surface area contributed by atoms with E-state index in [9.17, 15) is 43.7 Å². The standard InChI is InChI=1S/C18H16N2O10S3.Na/c1-9-2-3-10(6-13(9)19)18(21)20-14-4-5-15(32(25,26)27)12-7-11(31(22,23)24)8-16(17(12)14)33(28,29)30;/h2-8H,19H2,1H3,(H,20,21)(H,22,23,24)(H,25,26,27)(H,28,29,30);. The largest absolute Gasteiger partial charge is 0.398 e. The molecule has 16 heteroatoms. The molecule has 3 aromatic carbocycles. The van der Waals surface area contributed by atoms with Crippen LogP contribution in [-0.2, 0) is 30.4 Å². The van der Waals surface area contributed by atoms with Gasteiger partial charge in [0.1, 0.15) is 9.79 Å². The van der Waals surface area contributed by atoms with Crippen molar-refractivity contribution < 1.29 is 43.7 Å². The van der Waals surface area contributed by atoms with Gasteiger partial charge in [-0.3, -0.25) is 18.5 Å². The maximum absolute atomic E-state index is 12.7.